The molecule has 0 saturated heterocycles. The van der Waals surface area contributed by atoms with Crippen molar-refractivity contribution in [2.24, 2.45) is 0 Å². The summed E-state index contributed by atoms with van der Waals surface area (Å²) in [6, 6.07) is 14.9. The second-order valence-electron chi connectivity index (χ2n) is 3.78. The molecule has 0 atom stereocenters. The first-order valence-electron chi connectivity index (χ1n) is 5.37. The Morgan fingerprint density at radius 2 is 1.72 bits per heavy atom. The SMILES string of the molecule is N#Cc1ccccc1CNc1cc(Cl)cc(Cl)c1. The predicted molar refractivity (Wildman–Crippen MR) is 74.9 cm³/mol. The van der Waals surface area contributed by atoms with E-state index in [1.807, 2.05) is 18.2 Å². The third-order valence-electron chi connectivity index (χ3n) is 2.48. The summed E-state index contributed by atoms with van der Waals surface area (Å²) < 4.78 is 0. The number of hydrogen-bond donors (Lipinski definition) is 1. The van der Waals surface area contributed by atoms with Crippen LogP contribution < -0.4 is 5.32 Å². The fourth-order valence-electron chi connectivity index (χ4n) is 1.64. The first-order chi connectivity index (χ1) is 8.69. The topological polar surface area (TPSA) is 35.8 Å². The van der Waals surface area contributed by atoms with Crippen LogP contribution in [0, 0.1) is 11.3 Å². The van der Waals surface area contributed by atoms with E-state index in [0.717, 1.165) is 11.3 Å². The van der Waals surface area contributed by atoms with E-state index in [9.17, 15) is 0 Å². The van der Waals surface area contributed by atoms with Crippen molar-refractivity contribution in [1.29, 1.82) is 5.26 Å². The summed E-state index contributed by atoms with van der Waals surface area (Å²) in [6.07, 6.45) is 0. The number of rotatable bonds is 3. The molecule has 0 spiro atoms. The van der Waals surface area contributed by atoms with Crippen LogP contribution in [0.5, 0.6) is 0 Å². The molecule has 0 amide bonds. The fourth-order valence-corrected chi connectivity index (χ4v) is 2.16. The maximum absolute atomic E-state index is 8.98. The second-order valence-corrected chi connectivity index (χ2v) is 4.65. The van der Waals surface area contributed by atoms with Crippen molar-refractivity contribution in [3.05, 3.63) is 63.6 Å². The molecule has 0 aliphatic carbocycles. The lowest BCUT2D eigenvalue weighted by molar-refractivity contribution is 1.14. The van der Waals surface area contributed by atoms with Crippen LogP contribution in [0.4, 0.5) is 5.69 Å². The molecular weight excluding hydrogens is 267 g/mol. The second kappa shape index (κ2) is 5.77. The van der Waals surface area contributed by atoms with Gasteiger partial charge in [-0.15, -0.1) is 0 Å². The van der Waals surface area contributed by atoms with Gasteiger partial charge >= 0.3 is 0 Å². The Bertz CT molecular complexity index is 583. The molecule has 90 valence electrons. The third kappa shape index (κ3) is 3.16. The van der Waals surface area contributed by atoms with E-state index in [4.69, 9.17) is 28.5 Å². The van der Waals surface area contributed by atoms with E-state index in [1.165, 1.54) is 0 Å². The molecule has 0 aliphatic heterocycles. The van der Waals surface area contributed by atoms with Gasteiger partial charge in [-0.05, 0) is 29.8 Å². The van der Waals surface area contributed by atoms with Crippen LogP contribution in [0.25, 0.3) is 0 Å². The Balaban J connectivity index is 2.14. The van der Waals surface area contributed by atoms with Gasteiger partial charge < -0.3 is 5.32 Å². The standard InChI is InChI=1S/C14H10Cl2N2/c15-12-5-13(16)7-14(6-12)18-9-11-4-2-1-3-10(11)8-17/h1-7,18H,9H2. The van der Waals surface area contributed by atoms with E-state index >= 15 is 0 Å². The third-order valence-corrected chi connectivity index (χ3v) is 2.92. The van der Waals surface area contributed by atoms with Crippen molar-refractivity contribution < 1.29 is 0 Å². The molecule has 4 heteroatoms. The minimum atomic E-state index is 0.556. The molecule has 0 bridgehead atoms. The van der Waals surface area contributed by atoms with Gasteiger partial charge in [0.05, 0.1) is 11.6 Å². The van der Waals surface area contributed by atoms with Crippen molar-refractivity contribution in [2.75, 3.05) is 5.32 Å². The number of anilines is 1. The molecule has 0 aliphatic rings. The maximum atomic E-state index is 8.98. The quantitative estimate of drug-likeness (QED) is 0.898. The van der Waals surface area contributed by atoms with Crippen LogP contribution in [0.1, 0.15) is 11.1 Å². The van der Waals surface area contributed by atoms with Crippen LogP contribution in [0.3, 0.4) is 0 Å². The molecule has 0 radical (unpaired) electrons. The van der Waals surface area contributed by atoms with Gasteiger partial charge in [-0.2, -0.15) is 5.26 Å². The van der Waals surface area contributed by atoms with Crippen molar-refractivity contribution in [2.45, 2.75) is 6.54 Å². The van der Waals surface area contributed by atoms with Gasteiger partial charge in [0.2, 0.25) is 0 Å². The van der Waals surface area contributed by atoms with Gasteiger partial charge in [-0.25, -0.2) is 0 Å². The predicted octanol–water partition coefficient (Wildman–Crippen LogP) is 4.48. The van der Waals surface area contributed by atoms with Crippen LogP contribution in [-0.2, 0) is 6.54 Å². The summed E-state index contributed by atoms with van der Waals surface area (Å²) in [4.78, 5) is 0. The summed E-state index contributed by atoms with van der Waals surface area (Å²) in [5.74, 6) is 0. The summed E-state index contributed by atoms with van der Waals surface area (Å²) in [5.41, 5.74) is 2.44. The van der Waals surface area contributed by atoms with Crippen LogP contribution in [-0.4, -0.2) is 0 Å². The fraction of sp³-hybridized carbons (Fsp3) is 0.0714. The van der Waals surface area contributed by atoms with Crippen LogP contribution >= 0.6 is 23.2 Å². The van der Waals surface area contributed by atoms with Gasteiger partial charge in [0.25, 0.3) is 0 Å². The van der Waals surface area contributed by atoms with E-state index in [-0.39, 0.29) is 0 Å². The minimum absolute atomic E-state index is 0.556. The lowest BCUT2D eigenvalue weighted by Crippen LogP contribution is -2.01. The first kappa shape index (κ1) is 12.8. The molecule has 0 saturated carbocycles. The molecule has 1 N–H and O–H groups in total. The largest absolute Gasteiger partial charge is 0.381 e. The molecule has 2 aromatic carbocycles. The van der Waals surface area contributed by atoms with Gasteiger partial charge in [0, 0.05) is 22.3 Å². The molecule has 0 fully saturated rings. The van der Waals surface area contributed by atoms with E-state index in [0.29, 0.717) is 22.2 Å². The summed E-state index contributed by atoms with van der Waals surface area (Å²) >= 11 is 11.8. The number of nitriles is 1. The summed E-state index contributed by atoms with van der Waals surface area (Å²) in [5, 5.41) is 13.3. The Hall–Kier alpha value is -1.69. The zero-order valence-corrected chi connectivity index (χ0v) is 11.0. The molecule has 2 aromatic rings. The van der Waals surface area contributed by atoms with Crippen LogP contribution in [0.2, 0.25) is 10.0 Å². The lowest BCUT2D eigenvalue weighted by atomic mass is 10.1. The van der Waals surface area contributed by atoms with Gasteiger partial charge in [-0.3, -0.25) is 0 Å². The molecule has 0 unspecified atom stereocenters. The molecule has 0 heterocycles. The monoisotopic (exact) mass is 276 g/mol. The van der Waals surface area contributed by atoms with Crippen molar-refractivity contribution >= 4 is 28.9 Å². The molecule has 2 rings (SSSR count). The molecule has 18 heavy (non-hydrogen) atoms. The first-order valence-corrected chi connectivity index (χ1v) is 6.12. The maximum Gasteiger partial charge on any atom is 0.0995 e. The average molecular weight is 277 g/mol. The molecule has 2 nitrogen and oxygen atoms in total. The molecule has 0 aromatic heterocycles. The van der Waals surface area contributed by atoms with Gasteiger partial charge in [-0.1, -0.05) is 41.4 Å². The Labute approximate surface area is 116 Å². The van der Waals surface area contributed by atoms with E-state index in [1.54, 1.807) is 24.3 Å². The number of halogens is 2. The number of nitrogens with zero attached hydrogens (tertiary/aromatic N) is 1. The van der Waals surface area contributed by atoms with E-state index in [2.05, 4.69) is 11.4 Å². The highest BCUT2D eigenvalue weighted by atomic mass is 35.5. The van der Waals surface area contributed by atoms with Crippen molar-refractivity contribution in [3.63, 3.8) is 0 Å². The number of benzene rings is 2. The van der Waals surface area contributed by atoms with Gasteiger partial charge in [0.15, 0.2) is 0 Å². The summed E-state index contributed by atoms with van der Waals surface area (Å²) in [6.45, 7) is 0.556. The van der Waals surface area contributed by atoms with Crippen molar-refractivity contribution in [1.82, 2.24) is 0 Å². The zero-order chi connectivity index (χ0) is 13.0. The highest BCUT2D eigenvalue weighted by molar-refractivity contribution is 6.35. The minimum Gasteiger partial charge on any atom is -0.381 e. The smallest absolute Gasteiger partial charge is 0.0995 e. The van der Waals surface area contributed by atoms with E-state index < -0.39 is 0 Å². The Morgan fingerprint density at radius 1 is 1.06 bits per heavy atom. The van der Waals surface area contributed by atoms with Gasteiger partial charge in [0.1, 0.15) is 0 Å². The highest BCUT2D eigenvalue weighted by Gasteiger charge is 2.02. The Morgan fingerprint density at radius 3 is 2.39 bits per heavy atom. The summed E-state index contributed by atoms with van der Waals surface area (Å²) in [7, 11) is 0. The molecular formula is C14H10Cl2N2. The number of hydrogen-bond acceptors (Lipinski definition) is 2. The van der Waals surface area contributed by atoms with Crippen LogP contribution in [0.15, 0.2) is 42.5 Å². The average Bonchev–Trinajstić information content (AvgIpc) is 2.35. The highest BCUT2D eigenvalue weighted by Crippen LogP contribution is 2.23. The lowest BCUT2D eigenvalue weighted by Gasteiger charge is -2.08. The normalized spacial score (nSPS) is 9.83. The van der Waals surface area contributed by atoms with Crippen molar-refractivity contribution in [3.8, 4) is 6.07 Å². The Kier molecular flexibility index (Phi) is 4.09. The zero-order valence-electron chi connectivity index (χ0n) is 9.45. The number of nitrogens with one attached hydrogen (secondary N) is 1.